The quantitative estimate of drug-likeness (QED) is 0.681. The summed E-state index contributed by atoms with van der Waals surface area (Å²) < 4.78 is 5.56. The Morgan fingerprint density at radius 2 is 1.85 bits per heavy atom. The number of amides is 2. The van der Waals surface area contributed by atoms with Crippen LogP contribution in [-0.2, 0) is 4.79 Å². The summed E-state index contributed by atoms with van der Waals surface area (Å²) >= 11 is 12.0. The number of hydrogen-bond acceptors (Lipinski definition) is 3. The number of benzene rings is 2. The van der Waals surface area contributed by atoms with E-state index in [-0.39, 0.29) is 18.2 Å². The minimum absolute atomic E-state index is 0.150. The molecule has 0 saturated carbocycles. The third-order valence-electron chi connectivity index (χ3n) is 3.80. The van der Waals surface area contributed by atoms with Gasteiger partial charge in [0.15, 0.2) is 0 Å². The fraction of sp³-hybridized carbons (Fsp3) is 0.263. The lowest BCUT2D eigenvalue weighted by Gasteiger charge is -2.12. The molecule has 0 atom stereocenters. The Balaban J connectivity index is 1.86. The molecule has 138 valence electrons. The Morgan fingerprint density at radius 1 is 1.12 bits per heavy atom. The number of ether oxygens (including phenoxy) is 1. The molecule has 2 rings (SSSR count). The van der Waals surface area contributed by atoms with Gasteiger partial charge in [0.1, 0.15) is 10.8 Å². The van der Waals surface area contributed by atoms with Crippen LogP contribution in [-0.4, -0.2) is 25.5 Å². The maximum atomic E-state index is 12.1. The van der Waals surface area contributed by atoms with Gasteiger partial charge in [-0.05, 0) is 43.2 Å². The fourth-order valence-electron chi connectivity index (χ4n) is 2.37. The molecule has 0 bridgehead atoms. The molecule has 0 unspecified atom stereocenters. The normalized spacial score (nSPS) is 10.3. The van der Waals surface area contributed by atoms with E-state index in [1.165, 1.54) is 0 Å². The standard InChI is InChI=1S/C19H20Cl2N2O3/c1-12-13(19(25)22-2)6-3-8-15(12)23-17(24)10-5-11-26-16-9-4-7-14(20)18(16)21/h3-4,6-9H,5,10-11H2,1-2H3,(H,22,25)(H,23,24). The van der Waals surface area contributed by atoms with Crippen LogP contribution in [0.2, 0.25) is 10.0 Å². The van der Waals surface area contributed by atoms with Crippen molar-refractivity contribution in [3.8, 4) is 5.75 Å². The minimum atomic E-state index is -0.189. The highest BCUT2D eigenvalue weighted by molar-refractivity contribution is 6.42. The van der Waals surface area contributed by atoms with E-state index in [4.69, 9.17) is 27.9 Å². The first-order valence-corrected chi connectivity index (χ1v) is 8.88. The van der Waals surface area contributed by atoms with Crippen LogP contribution in [0.4, 0.5) is 5.69 Å². The Bertz CT molecular complexity index is 809. The summed E-state index contributed by atoms with van der Waals surface area (Å²) in [5.74, 6) is 0.155. The molecule has 0 aliphatic rings. The second kappa shape index (κ2) is 9.46. The minimum Gasteiger partial charge on any atom is -0.492 e. The molecule has 26 heavy (non-hydrogen) atoms. The topological polar surface area (TPSA) is 67.4 Å². The molecule has 0 aliphatic heterocycles. The molecular weight excluding hydrogens is 375 g/mol. The van der Waals surface area contributed by atoms with Gasteiger partial charge in [0.25, 0.3) is 5.91 Å². The number of carbonyl (C=O) groups excluding carboxylic acids is 2. The first kappa shape index (κ1) is 20.1. The zero-order valence-corrected chi connectivity index (χ0v) is 16.1. The van der Waals surface area contributed by atoms with Crippen molar-refractivity contribution in [3.63, 3.8) is 0 Å². The van der Waals surface area contributed by atoms with Crippen LogP contribution in [0, 0.1) is 6.92 Å². The van der Waals surface area contributed by atoms with Crippen LogP contribution < -0.4 is 15.4 Å². The summed E-state index contributed by atoms with van der Waals surface area (Å²) in [6.45, 7) is 2.13. The van der Waals surface area contributed by atoms with Crippen molar-refractivity contribution in [2.45, 2.75) is 19.8 Å². The highest BCUT2D eigenvalue weighted by atomic mass is 35.5. The predicted octanol–water partition coefficient (Wildman–Crippen LogP) is 4.46. The predicted molar refractivity (Wildman–Crippen MR) is 104 cm³/mol. The van der Waals surface area contributed by atoms with Gasteiger partial charge in [-0.3, -0.25) is 9.59 Å². The summed E-state index contributed by atoms with van der Waals surface area (Å²) in [4.78, 5) is 23.9. The van der Waals surface area contributed by atoms with Crippen molar-refractivity contribution >= 4 is 40.7 Å². The third-order valence-corrected chi connectivity index (χ3v) is 4.60. The Kier molecular flexibility index (Phi) is 7.30. The van der Waals surface area contributed by atoms with Crippen LogP contribution in [0.25, 0.3) is 0 Å². The van der Waals surface area contributed by atoms with Gasteiger partial charge < -0.3 is 15.4 Å². The first-order valence-electron chi connectivity index (χ1n) is 8.12. The van der Waals surface area contributed by atoms with E-state index < -0.39 is 0 Å². The maximum Gasteiger partial charge on any atom is 0.251 e. The molecule has 0 fully saturated rings. The van der Waals surface area contributed by atoms with Crippen molar-refractivity contribution < 1.29 is 14.3 Å². The summed E-state index contributed by atoms with van der Waals surface area (Å²) in [5.41, 5.74) is 1.88. The zero-order valence-electron chi connectivity index (χ0n) is 14.6. The second-order valence-corrected chi connectivity index (χ2v) is 6.39. The van der Waals surface area contributed by atoms with E-state index in [2.05, 4.69) is 10.6 Å². The summed E-state index contributed by atoms with van der Waals surface area (Å²) in [7, 11) is 1.57. The van der Waals surface area contributed by atoms with Crippen LogP contribution in [0.15, 0.2) is 36.4 Å². The zero-order chi connectivity index (χ0) is 19.1. The monoisotopic (exact) mass is 394 g/mol. The molecule has 0 radical (unpaired) electrons. The molecule has 0 spiro atoms. The fourth-order valence-corrected chi connectivity index (χ4v) is 2.72. The highest BCUT2D eigenvalue weighted by Gasteiger charge is 2.12. The molecule has 2 amide bonds. The molecule has 0 heterocycles. The SMILES string of the molecule is CNC(=O)c1cccc(NC(=O)CCCOc2cccc(Cl)c2Cl)c1C. The summed E-state index contributed by atoms with van der Waals surface area (Å²) in [6.07, 6.45) is 0.796. The van der Waals surface area contributed by atoms with Gasteiger partial charge in [-0.15, -0.1) is 0 Å². The molecule has 2 aromatic carbocycles. The molecule has 0 aliphatic carbocycles. The molecular formula is C19H20Cl2N2O3. The van der Waals surface area contributed by atoms with Crippen molar-refractivity contribution in [3.05, 3.63) is 57.6 Å². The van der Waals surface area contributed by atoms with Crippen molar-refractivity contribution in [2.24, 2.45) is 0 Å². The van der Waals surface area contributed by atoms with Crippen LogP contribution in [0.5, 0.6) is 5.75 Å². The molecule has 2 N–H and O–H groups in total. The summed E-state index contributed by atoms with van der Waals surface area (Å²) in [5, 5.41) is 6.19. The number of anilines is 1. The first-order chi connectivity index (χ1) is 12.4. The lowest BCUT2D eigenvalue weighted by molar-refractivity contribution is -0.116. The van der Waals surface area contributed by atoms with Gasteiger partial charge >= 0.3 is 0 Å². The van der Waals surface area contributed by atoms with Gasteiger partial charge in [0.05, 0.1) is 11.6 Å². The van der Waals surface area contributed by atoms with E-state index in [1.54, 1.807) is 50.4 Å². The second-order valence-electron chi connectivity index (χ2n) is 5.61. The van der Waals surface area contributed by atoms with Crippen LogP contribution >= 0.6 is 23.2 Å². The van der Waals surface area contributed by atoms with Crippen molar-refractivity contribution in [2.75, 3.05) is 19.0 Å². The number of halogens is 2. The number of nitrogens with one attached hydrogen (secondary N) is 2. The number of rotatable bonds is 7. The van der Waals surface area contributed by atoms with E-state index in [9.17, 15) is 9.59 Å². The van der Waals surface area contributed by atoms with E-state index in [1.807, 2.05) is 0 Å². The van der Waals surface area contributed by atoms with Gasteiger partial charge in [0, 0.05) is 24.7 Å². The van der Waals surface area contributed by atoms with Crippen molar-refractivity contribution in [1.82, 2.24) is 5.32 Å². The molecule has 5 nitrogen and oxygen atoms in total. The third kappa shape index (κ3) is 5.13. The molecule has 2 aromatic rings. The van der Waals surface area contributed by atoms with Gasteiger partial charge in [-0.2, -0.15) is 0 Å². The van der Waals surface area contributed by atoms with Crippen LogP contribution in [0.3, 0.4) is 0 Å². The smallest absolute Gasteiger partial charge is 0.251 e. The van der Waals surface area contributed by atoms with Gasteiger partial charge in [0.2, 0.25) is 5.91 Å². The van der Waals surface area contributed by atoms with Gasteiger partial charge in [-0.25, -0.2) is 0 Å². The van der Waals surface area contributed by atoms with E-state index in [0.717, 1.165) is 5.56 Å². The lowest BCUT2D eigenvalue weighted by Crippen LogP contribution is -2.20. The number of carbonyl (C=O) groups is 2. The van der Waals surface area contributed by atoms with E-state index in [0.29, 0.717) is 40.1 Å². The van der Waals surface area contributed by atoms with Crippen LogP contribution in [0.1, 0.15) is 28.8 Å². The van der Waals surface area contributed by atoms with Gasteiger partial charge in [-0.1, -0.05) is 35.3 Å². The molecule has 0 aromatic heterocycles. The average molecular weight is 395 g/mol. The largest absolute Gasteiger partial charge is 0.492 e. The highest BCUT2D eigenvalue weighted by Crippen LogP contribution is 2.31. The Labute approximate surface area is 162 Å². The average Bonchev–Trinajstić information content (AvgIpc) is 2.63. The molecule has 0 saturated heterocycles. The maximum absolute atomic E-state index is 12.1. The number of hydrogen-bond donors (Lipinski definition) is 2. The van der Waals surface area contributed by atoms with Crippen molar-refractivity contribution in [1.29, 1.82) is 0 Å². The lowest BCUT2D eigenvalue weighted by atomic mass is 10.1. The summed E-state index contributed by atoms with van der Waals surface area (Å²) in [6, 6.07) is 10.4. The molecule has 7 heteroatoms. The Morgan fingerprint density at radius 3 is 2.58 bits per heavy atom. The Hall–Kier alpha value is -2.24. The van der Waals surface area contributed by atoms with E-state index >= 15 is 0 Å².